The highest BCUT2D eigenvalue weighted by Crippen LogP contribution is 2.33. The number of fused-ring (bicyclic) bond motifs is 2. The number of carbonyl (C=O) groups excluding carboxylic acids is 1. The minimum absolute atomic E-state index is 0.0346. The van der Waals surface area contributed by atoms with Crippen LogP contribution in [0.15, 0.2) is 60.8 Å². The smallest absolute Gasteiger partial charge is 0.257 e. The van der Waals surface area contributed by atoms with Crippen molar-refractivity contribution in [2.24, 2.45) is 0 Å². The van der Waals surface area contributed by atoms with Crippen LogP contribution in [-0.4, -0.2) is 63.3 Å². The van der Waals surface area contributed by atoms with Crippen molar-refractivity contribution in [2.45, 2.75) is 26.3 Å². The van der Waals surface area contributed by atoms with Crippen molar-refractivity contribution in [3.05, 3.63) is 77.6 Å². The van der Waals surface area contributed by atoms with Crippen LogP contribution in [0.5, 0.6) is 11.5 Å². The summed E-state index contributed by atoms with van der Waals surface area (Å²) < 4.78 is 12.8. The molecule has 1 fully saturated rings. The van der Waals surface area contributed by atoms with Gasteiger partial charge in [0.15, 0.2) is 17.1 Å². The Morgan fingerprint density at radius 2 is 1.78 bits per heavy atom. The Hall–Kier alpha value is -3.91. The Kier molecular flexibility index (Phi) is 6.03. The van der Waals surface area contributed by atoms with Crippen LogP contribution in [0.2, 0.25) is 0 Å². The van der Waals surface area contributed by atoms with E-state index in [0.29, 0.717) is 18.7 Å². The van der Waals surface area contributed by atoms with Gasteiger partial charge >= 0.3 is 0 Å². The van der Waals surface area contributed by atoms with Crippen LogP contribution in [0.25, 0.3) is 16.9 Å². The number of nitrogens with zero attached hydrogens (tertiary/aromatic N) is 5. The monoisotopic (exact) mass is 483 g/mol. The second-order valence-electron chi connectivity index (χ2n) is 9.29. The van der Waals surface area contributed by atoms with Gasteiger partial charge in [0.1, 0.15) is 0 Å². The highest BCUT2D eigenvalue weighted by molar-refractivity contribution is 5.95. The number of hydrogen-bond donors (Lipinski definition) is 0. The van der Waals surface area contributed by atoms with Gasteiger partial charge in [-0.05, 0) is 24.1 Å². The quantitative estimate of drug-likeness (QED) is 0.412. The summed E-state index contributed by atoms with van der Waals surface area (Å²) in [5, 5.41) is 4.83. The zero-order valence-corrected chi connectivity index (χ0v) is 20.4. The van der Waals surface area contributed by atoms with Crippen molar-refractivity contribution >= 4 is 11.6 Å². The molecule has 0 radical (unpaired) electrons. The minimum atomic E-state index is 0.0346. The summed E-state index contributed by atoms with van der Waals surface area (Å²) in [4.78, 5) is 22.5. The highest BCUT2D eigenvalue weighted by Gasteiger charge is 2.26. The third-order valence-corrected chi connectivity index (χ3v) is 6.87. The van der Waals surface area contributed by atoms with Crippen molar-refractivity contribution in [3.63, 3.8) is 0 Å². The minimum Gasteiger partial charge on any atom is -0.454 e. The van der Waals surface area contributed by atoms with E-state index in [1.54, 1.807) is 6.20 Å². The molecule has 2 aromatic heterocycles. The van der Waals surface area contributed by atoms with E-state index in [4.69, 9.17) is 14.6 Å². The number of hydrogen-bond acceptors (Lipinski definition) is 6. The number of aryl methyl sites for hydroxylation is 1. The van der Waals surface area contributed by atoms with Gasteiger partial charge in [-0.3, -0.25) is 9.69 Å². The maximum atomic E-state index is 13.6. The Bertz CT molecular complexity index is 1390. The number of amides is 1. The van der Waals surface area contributed by atoms with Crippen molar-refractivity contribution in [2.75, 3.05) is 33.0 Å². The Morgan fingerprint density at radius 3 is 2.58 bits per heavy atom. The molecule has 1 amide bonds. The molecule has 0 atom stereocenters. The second kappa shape index (κ2) is 9.62. The fourth-order valence-corrected chi connectivity index (χ4v) is 4.96. The van der Waals surface area contributed by atoms with Gasteiger partial charge in [-0.15, -0.1) is 0 Å². The van der Waals surface area contributed by atoms with E-state index in [2.05, 4.69) is 22.9 Å². The lowest BCUT2D eigenvalue weighted by molar-refractivity contribution is 0.0626. The van der Waals surface area contributed by atoms with Gasteiger partial charge in [0.05, 0.1) is 17.0 Å². The lowest BCUT2D eigenvalue weighted by atomic mass is 10.1. The van der Waals surface area contributed by atoms with Crippen LogP contribution in [-0.2, 0) is 13.0 Å². The third kappa shape index (κ3) is 4.28. The molecule has 6 rings (SSSR count). The highest BCUT2D eigenvalue weighted by atomic mass is 16.7. The van der Waals surface area contributed by atoms with Gasteiger partial charge in [0.2, 0.25) is 6.79 Å². The topological polar surface area (TPSA) is 72.2 Å². The molecule has 36 heavy (non-hydrogen) atoms. The number of ether oxygens (including phenoxy) is 2. The first-order chi connectivity index (χ1) is 17.7. The third-order valence-electron chi connectivity index (χ3n) is 6.87. The molecule has 0 unspecified atom stereocenters. The van der Waals surface area contributed by atoms with Crippen LogP contribution < -0.4 is 9.47 Å². The van der Waals surface area contributed by atoms with E-state index < -0.39 is 0 Å². The molecule has 0 bridgehead atoms. The van der Waals surface area contributed by atoms with E-state index in [1.807, 2.05) is 57.9 Å². The van der Waals surface area contributed by atoms with Crippen molar-refractivity contribution < 1.29 is 14.3 Å². The summed E-state index contributed by atoms with van der Waals surface area (Å²) in [6, 6.07) is 18.1. The second-order valence-corrected chi connectivity index (χ2v) is 9.29. The molecule has 8 heteroatoms. The van der Waals surface area contributed by atoms with Gasteiger partial charge in [0, 0.05) is 50.6 Å². The Balaban J connectivity index is 1.18. The predicted octanol–water partition coefficient (Wildman–Crippen LogP) is 4.04. The van der Waals surface area contributed by atoms with E-state index in [-0.39, 0.29) is 12.7 Å². The molecule has 0 aliphatic carbocycles. The summed E-state index contributed by atoms with van der Waals surface area (Å²) in [6.45, 7) is 6.23. The number of carbonyl (C=O) groups is 1. The summed E-state index contributed by atoms with van der Waals surface area (Å²) in [7, 11) is 0. The number of piperazine rings is 1. The molecule has 4 aromatic rings. The summed E-state index contributed by atoms with van der Waals surface area (Å²) in [6.07, 6.45) is 3.42. The SMILES string of the molecule is CCCc1c(C(=O)N2CCN(Cc3ccc4c(c3)OCO4)CC2)cnc2cc(-c3ccccc3)nn12. The zero-order valence-electron chi connectivity index (χ0n) is 20.4. The van der Waals surface area contributed by atoms with Crippen LogP contribution >= 0.6 is 0 Å². The average molecular weight is 484 g/mol. The molecule has 0 N–H and O–H groups in total. The molecule has 0 saturated carbocycles. The first-order valence-electron chi connectivity index (χ1n) is 12.5. The maximum Gasteiger partial charge on any atom is 0.257 e. The number of benzene rings is 2. The first kappa shape index (κ1) is 22.5. The molecular weight excluding hydrogens is 454 g/mol. The Labute approximate surface area is 210 Å². The van der Waals surface area contributed by atoms with Crippen LogP contribution in [0.3, 0.4) is 0 Å². The molecular formula is C28H29N5O3. The molecule has 184 valence electrons. The van der Waals surface area contributed by atoms with Crippen LogP contribution in [0, 0.1) is 0 Å². The van der Waals surface area contributed by atoms with Crippen molar-refractivity contribution in [3.8, 4) is 22.8 Å². The Morgan fingerprint density at radius 1 is 0.972 bits per heavy atom. The zero-order chi connectivity index (χ0) is 24.5. The lowest BCUT2D eigenvalue weighted by Gasteiger charge is -2.35. The van der Waals surface area contributed by atoms with Gasteiger partial charge < -0.3 is 14.4 Å². The standard InChI is InChI=1S/C28H29N5O3/c1-2-6-24-22(17-29-27-16-23(30-33(24)27)21-7-4-3-5-8-21)28(34)32-13-11-31(12-14-32)18-20-9-10-25-26(15-20)36-19-35-25/h3-5,7-10,15-17H,2,6,11-14,18-19H2,1H3. The largest absolute Gasteiger partial charge is 0.454 e. The van der Waals surface area contributed by atoms with E-state index >= 15 is 0 Å². The summed E-state index contributed by atoms with van der Waals surface area (Å²) >= 11 is 0. The molecule has 2 aliphatic rings. The average Bonchev–Trinajstić information content (AvgIpc) is 3.57. The van der Waals surface area contributed by atoms with Crippen LogP contribution in [0.4, 0.5) is 0 Å². The molecule has 2 aliphatic heterocycles. The van der Waals surface area contributed by atoms with E-state index in [9.17, 15) is 4.79 Å². The predicted molar refractivity (Wildman–Crippen MR) is 136 cm³/mol. The molecule has 8 nitrogen and oxygen atoms in total. The number of aromatic nitrogens is 3. The van der Waals surface area contributed by atoms with E-state index in [1.165, 1.54) is 5.56 Å². The number of rotatable bonds is 6. The molecule has 1 saturated heterocycles. The summed E-state index contributed by atoms with van der Waals surface area (Å²) in [5.41, 5.74) is 5.43. The van der Waals surface area contributed by atoms with Gasteiger partial charge in [-0.1, -0.05) is 49.7 Å². The van der Waals surface area contributed by atoms with E-state index in [0.717, 1.165) is 66.6 Å². The fraction of sp³-hybridized carbons (Fsp3) is 0.321. The first-order valence-corrected chi connectivity index (χ1v) is 12.5. The van der Waals surface area contributed by atoms with Crippen LogP contribution in [0.1, 0.15) is 35.0 Å². The van der Waals surface area contributed by atoms with Gasteiger partial charge in [-0.25, -0.2) is 9.50 Å². The lowest BCUT2D eigenvalue weighted by Crippen LogP contribution is -2.48. The summed E-state index contributed by atoms with van der Waals surface area (Å²) in [5.74, 6) is 1.64. The molecule has 0 spiro atoms. The van der Waals surface area contributed by atoms with Gasteiger partial charge in [-0.2, -0.15) is 5.10 Å². The van der Waals surface area contributed by atoms with Crippen molar-refractivity contribution in [1.29, 1.82) is 0 Å². The van der Waals surface area contributed by atoms with Crippen molar-refractivity contribution in [1.82, 2.24) is 24.4 Å². The maximum absolute atomic E-state index is 13.6. The normalized spacial score (nSPS) is 15.5. The molecule has 4 heterocycles. The van der Waals surface area contributed by atoms with Gasteiger partial charge in [0.25, 0.3) is 5.91 Å². The molecule has 2 aromatic carbocycles. The fourth-order valence-electron chi connectivity index (χ4n) is 4.96.